The molecule has 0 aliphatic carbocycles. The first-order valence-corrected chi connectivity index (χ1v) is 10.4. The Kier molecular flexibility index (Phi) is 5.98. The number of rotatable bonds is 7. The number of hydrogen-bond donors (Lipinski definition) is 3. The first kappa shape index (κ1) is 19.7. The van der Waals surface area contributed by atoms with Crippen molar-refractivity contribution in [3.05, 3.63) is 41.8 Å². The van der Waals surface area contributed by atoms with Gasteiger partial charge in [0.2, 0.25) is 5.95 Å². The minimum atomic E-state index is -1.00. The van der Waals surface area contributed by atoms with E-state index in [1.54, 1.807) is 18.2 Å². The predicted octanol–water partition coefficient (Wildman–Crippen LogP) is 2.90. The number of nitrogens with zero attached hydrogens (tertiary/aromatic N) is 3. The second kappa shape index (κ2) is 8.81. The molecule has 1 saturated heterocycles. The quantitative estimate of drug-likeness (QED) is 0.511. The number of carboxylic acids is 1. The number of carbonyl (C=O) groups is 1. The minimum absolute atomic E-state index is 0.183. The minimum Gasteiger partial charge on any atom is -0.478 e. The fourth-order valence-corrected chi connectivity index (χ4v) is 4.51. The maximum absolute atomic E-state index is 14.4. The Balaban J connectivity index is 1.47. The first-order chi connectivity index (χ1) is 14.1. The van der Waals surface area contributed by atoms with Crippen LogP contribution < -0.4 is 10.6 Å². The van der Waals surface area contributed by atoms with Gasteiger partial charge in [-0.15, -0.1) is 11.3 Å². The lowest BCUT2D eigenvalue weighted by atomic mass is 10.1. The number of hydrogen-bond acceptors (Lipinski definition) is 7. The molecule has 0 unspecified atom stereocenters. The van der Waals surface area contributed by atoms with Crippen molar-refractivity contribution in [3.8, 4) is 10.6 Å². The van der Waals surface area contributed by atoms with Gasteiger partial charge in [-0.3, -0.25) is 0 Å². The van der Waals surface area contributed by atoms with Crippen molar-refractivity contribution in [3.63, 3.8) is 0 Å². The molecule has 2 aromatic heterocycles. The molecule has 0 amide bonds. The van der Waals surface area contributed by atoms with Gasteiger partial charge in [0.1, 0.15) is 5.69 Å². The van der Waals surface area contributed by atoms with Crippen molar-refractivity contribution in [2.45, 2.75) is 6.42 Å². The molecule has 0 bridgehead atoms. The van der Waals surface area contributed by atoms with E-state index in [9.17, 15) is 14.3 Å². The maximum Gasteiger partial charge on any atom is 0.336 e. The third-order valence-electron chi connectivity index (χ3n) is 4.91. The number of carboxylic acid groups (broad SMARTS) is 1. The van der Waals surface area contributed by atoms with Gasteiger partial charge in [0.15, 0.2) is 5.82 Å². The molecule has 0 radical (unpaired) electrons. The zero-order valence-electron chi connectivity index (χ0n) is 15.8. The van der Waals surface area contributed by atoms with E-state index in [0.717, 1.165) is 50.0 Å². The molecule has 3 heterocycles. The lowest BCUT2D eigenvalue weighted by molar-refractivity contribution is 0.0699. The van der Waals surface area contributed by atoms with E-state index in [1.165, 1.54) is 11.3 Å². The lowest BCUT2D eigenvalue weighted by Gasteiger charge is -2.27. The molecule has 1 aromatic carbocycles. The van der Waals surface area contributed by atoms with Crippen LogP contribution in [-0.2, 0) is 0 Å². The Bertz CT molecular complexity index is 1020. The van der Waals surface area contributed by atoms with E-state index >= 15 is 0 Å². The summed E-state index contributed by atoms with van der Waals surface area (Å²) in [4.78, 5) is 22.8. The van der Waals surface area contributed by atoms with Gasteiger partial charge in [0.25, 0.3) is 0 Å². The van der Waals surface area contributed by atoms with Crippen molar-refractivity contribution < 1.29 is 14.3 Å². The molecule has 3 N–H and O–H groups in total. The fraction of sp³-hybridized carbons (Fsp3) is 0.350. The van der Waals surface area contributed by atoms with E-state index in [2.05, 4.69) is 25.5 Å². The second-order valence-electron chi connectivity index (χ2n) is 6.90. The zero-order chi connectivity index (χ0) is 20.2. The summed E-state index contributed by atoms with van der Waals surface area (Å²) >= 11 is 1.32. The molecule has 0 saturated carbocycles. The number of piperazine rings is 1. The van der Waals surface area contributed by atoms with Gasteiger partial charge in [0.05, 0.1) is 16.6 Å². The largest absolute Gasteiger partial charge is 0.478 e. The smallest absolute Gasteiger partial charge is 0.336 e. The molecular formula is C20H22FN5O2S. The van der Waals surface area contributed by atoms with Crippen molar-refractivity contribution >= 4 is 33.3 Å². The van der Waals surface area contributed by atoms with Gasteiger partial charge in [-0.2, -0.15) is 0 Å². The standard InChI is InChI=1S/C20H22FN5O2S/c21-15-12-24-20(23-5-2-8-26-9-6-22-7-10-26)25-18(15)17-11-14-13(19(27)28)3-1-4-16(14)29-17/h1,3-4,11-12,22H,2,5-10H2,(H,27,28)(H,23,24,25). The first-order valence-electron chi connectivity index (χ1n) is 9.57. The van der Waals surface area contributed by atoms with Gasteiger partial charge in [0, 0.05) is 42.8 Å². The average molecular weight is 415 g/mol. The number of anilines is 1. The Morgan fingerprint density at radius 1 is 1.34 bits per heavy atom. The highest BCUT2D eigenvalue weighted by atomic mass is 32.1. The molecule has 3 aromatic rings. The van der Waals surface area contributed by atoms with Gasteiger partial charge in [-0.1, -0.05) is 6.07 Å². The maximum atomic E-state index is 14.4. The van der Waals surface area contributed by atoms with Gasteiger partial charge in [-0.05, 0) is 31.2 Å². The van der Waals surface area contributed by atoms with E-state index in [4.69, 9.17) is 0 Å². The number of aromatic nitrogens is 2. The summed E-state index contributed by atoms with van der Waals surface area (Å²) in [6.07, 6.45) is 2.10. The third kappa shape index (κ3) is 4.52. The van der Waals surface area contributed by atoms with Crippen LogP contribution in [0.2, 0.25) is 0 Å². The molecule has 29 heavy (non-hydrogen) atoms. The number of fused-ring (bicyclic) bond motifs is 1. The van der Waals surface area contributed by atoms with Gasteiger partial charge >= 0.3 is 5.97 Å². The second-order valence-corrected chi connectivity index (χ2v) is 7.98. The summed E-state index contributed by atoms with van der Waals surface area (Å²) < 4.78 is 15.2. The predicted molar refractivity (Wildman–Crippen MR) is 112 cm³/mol. The van der Waals surface area contributed by atoms with Crippen LogP contribution in [0.25, 0.3) is 20.7 Å². The van der Waals surface area contributed by atoms with Crippen LogP contribution in [0, 0.1) is 5.82 Å². The number of thiophene rings is 1. The molecule has 0 atom stereocenters. The summed E-state index contributed by atoms with van der Waals surface area (Å²) in [5, 5.41) is 16.4. The summed E-state index contributed by atoms with van der Waals surface area (Å²) in [7, 11) is 0. The molecule has 1 fully saturated rings. The van der Waals surface area contributed by atoms with Gasteiger partial charge < -0.3 is 20.6 Å². The monoisotopic (exact) mass is 415 g/mol. The normalized spacial score (nSPS) is 14.9. The van der Waals surface area contributed by atoms with Crippen molar-refractivity contribution in [2.75, 3.05) is 44.6 Å². The molecule has 152 valence electrons. The van der Waals surface area contributed by atoms with Crippen LogP contribution in [0.3, 0.4) is 0 Å². The number of nitrogens with one attached hydrogen (secondary N) is 2. The van der Waals surface area contributed by atoms with Crippen LogP contribution in [0.4, 0.5) is 10.3 Å². The highest BCUT2D eigenvalue weighted by Crippen LogP contribution is 2.35. The molecule has 4 rings (SSSR count). The van der Waals surface area contributed by atoms with E-state index in [0.29, 0.717) is 22.8 Å². The third-order valence-corrected chi connectivity index (χ3v) is 6.02. The SMILES string of the molecule is O=C(O)c1cccc2sc(-c3nc(NCCCN4CCNCC4)ncc3F)cc12. The summed E-state index contributed by atoms with van der Waals surface area (Å²) in [5.41, 5.74) is 0.382. The van der Waals surface area contributed by atoms with Crippen molar-refractivity contribution in [2.24, 2.45) is 0 Å². The molecule has 0 spiro atoms. The average Bonchev–Trinajstić information content (AvgIpc) is 3.17. The Labute approximate surface area is 171 Å². The zero-order valence-corrected chi connectivity index (χ0v) is 16.6. The van der Waals surface area contributed by atoms with Crippen LogP contribution in [0.1, 0.15) is 16.8 Å². The highest BCUT2D eigenvalue weighted by molar-refractivity contribution is 7.22. The summed E-state index contributed by atoms with van der Waals surface area (Å²) in [6, 6.07) is 6.74. The number of halogens is 1. The lowest BCUT2D eigenvalue weighted by Crippen LogP contribution is -2.44. The molecule has 9 heteroatoms. The molecular weight excluding hydrogens is 393 g/mol. The van der Waals surface area contributed by atoms with Crippen LogP contribution in [0.15, 0.2) is 30.5 Å². The van der Waals surface area contributed by atoms with Crippen molar-refractivity contribution in [1.29, 1.82) is 0 Å². The number of benzene rings is 1. The summed E-state index contributed by atoms with van der Waals surface area (Å²) in [5.74, 6) is -1.16. The Hall–Kier alpha value is -2.62. The van der Waals surface area contributed by atoms with Crippen LogP contribution in [0.5, 0.6) is 0 Å². The molecule has 7 nitrogen and oxygen atoms in total. The molecule has 1 aliphatic heterocycles. The molecule has 1 aliphatic rings. The van der Waals surface area contributed by atoms with Crippen LogP contribution in [-0.4, -0.2) is 65.2 Å². The van der Waals surface area contributed by atoms with Gasteiger partial charge in [-0.25, -0.2) is 19.2 Å². The summed E-state index contributed by atoms with van der Waals surface area (Å²) in [6.45, 7) is 5.86. The van der Waals surface area contributed by atoms with E-state index < -0.39 is 11.8 Å². The number of aromatic carboxylic acids is 1. The topological polar surface area (TPSA) is 90.4 Å². The van der Waals surface area contributed by atoms with Crippen LogP contribution >= 0.6 is 11.3 Å². The highest BCUT2D eigenvalue weighted by Gasteiger charge is 2.16. The van der Waals surface area contributed by atoms with Crippen molar-refractivity contribution in [1.82, 2.24) is 20.2 Å². The Morgan fingerprint density at radius 3 is 2.97 bits per heavy atom. The van der Waals surface area contributed by atoms with E-state index in [-0.39, 0.29) is 11.3 Å². The fourth-order valence-electron chi connectivity index (χ4n) is 3.43. The Morgan fingerprint density at radius 2 is 2.17 bits per heavy atom. The van der Waals surface area contributed by atoms with E-state index in [1.807, 2.05) is 6.07 Å².